The van der Waals surface area contributed by atoms with Crippen molar-refractivity contribution < 1.29 is 14.3 Å². The molecule has 0 bridgehead atoms. The van der Waals surface area contributed by atoms with E-state index in [-0.39, 0.29) is 6.42 Å². The van der Waals surface area contributed by atoms with Crippen LogP contribution in [0.3, 0.4) is 0 Å². The molecule has 0 radical (unpaired) electrons. The van der Waals surface area contributed by atoms with Crippen molar-refractivity contribution >= 4 is 28.9 Å². The number of ether oxygens (including phenoxy) is 1. The molecule has 3 rings (SSSR count). The third-order valence-electron chi connectivity index (χ3n) is 4.08. The van der Waals surface area contributed by atoms with Crippen LogP contribution >= 0.6 is 11.3 Å². The van der Waals surface area contributed by atoms with Crippen LogP contribution in [0.2, 0.25) is 0 Å². The van der Waals surface area contributed by atoms with Gasteiger partial charge in [-0.05, 0) is 38.1 Å². The predicted molar refractivity (Wildman–Crippen MR) is 111 cm³/mol. The quantitative estimate of drug-likeness (QED) is 0.623. The molecule has 1 aromatic heterocycles. The first-order chi connectivity index (χ1) is 13.9. The molecule has 1 amide bonds. The fourth-order valence-corrected chi connectivity index (χ4v) is 3.47. The second kappa shape index (κ2) is 9.13. The summed E-state index contributed by atoms with van der Waals surface area (Å²) in [6.07, 6.45) is -0.979. The number of hydrogen-bond acceptors (Lipinski definition) is 6. The third kappa shape index (κ3) is 5.50. The molecule has 3 aromatic rings. The number of nitrogens with one attached hydrogen (secondary N) is 1. The number of carbonyl (C=O) groups excluding carboxylic acids is 2. The number of rotatable bonds is 6. The lowest BCUT2D eigenvalue weighted by Gasteiger charge is -2.13. The summed E-state index contributed by atoms with van der Waals surface area (Å²) in [5.74, 6) is -0.994. The van der Waals surface area contributed by atoms with E-state index in [4.69, 9.17) is 10.00 Å². The van der Waals surface area contributed by atoms with E-state index in [1.165, 1.54) is 18.3 Å². The largest absolute Gasteiger partial charge is 0.452 e. The Hall–Kier alpha value is -3.50. The Morgan fingerprint density at radius 3 is 2.79 bits per heavy atom. The van der Waals surface area contributed by atoms with Gasteiger partial charge in [-0.1, -0.05) is 29.8 Å². The zero-order valence-electron chi connectivity index (χ0n) is 16.0. The summed E-state index contributed by atoms with van der Waals surface area (Å²) in [6.45, 7) is 3.51. The molecule has 1 heterocycles. The minimum absolute atomic E-state index is 0.0101. The van der Waals surface area contributed by atoms with Gasteiger partial charge in [-0.3, -0.25) is 9.59 Å². The molecule has 0 saturated heterocycles. The van der Waals surface area contributed by atoms with Crippen molar-refractivity contribution in [3.8, 4) is 16.6 Å². The number of hydrogen-bond donors (Lipinski definition) is 1. The maximum atomic E-state index is 12.2. The van der Waals surface area contributed by atoms with Gasteiger partial charge in [0, 0.05) is 16.6 Å². The number of anilines is 1. The van der Waals surface area contributed by atoms with Gasteiger partial charge in [-0.25, -0.2) is 4.98 Å². The molecule has 0 aliphatic heterocycles. The monoisotopic (exact) mass is 405 g/mol. The smallest absolute Gasteiger partial charge is 0.312 e. The van der Waals surface area contributed by atoms with Gasteiger partial charge in [0.25, 0.3) is 5.91 Å². The number of esters is 1. The first kappa shape index (κ1) is 20.2. The Bertz CT molecular complexity index is 1080. The highest BCUT2D eigenvalue weighted by molar-refractivity contribution is 7.13. The summed E-state index contributed by atoms with van der Waals surface area (Å²) in [6, 6.07) is 16.5. The topological polar surface area (TPSA) is 92.1 Å². The minimum atomic E-state index is -0.969. The zero-order chi connectivity index (χ0) is 20.8. The second-order valence-corrected chi connectivity index (χ2v) is 7.36. The van der Waals surface area contributed by atoms with Gasteiger partial charge in [-0.15, -0.1) is 11.3 Å². The summed E-state index contributed by atoms with van der Waals surface area (Å²) in [5.41, 5.74) is 3.64. The van der Waals surface area contributed by atoms with Crippen molar-refractivity contribution in [3.05, 3.63) is 70.7 Å². The highest BCUT2D eigenvalue weighted by Gasteiger charge is 2.19. The summed E-state index contributed by atoms with van der Waals surface area (Å²) < 4.78 is 5.23. The standard InChI is InChI=1S/C22H19N3O3S/c1-14-5-3-7-17(9-14)22-25-19(13-29-22)11-20(26)28-15(2)21(27)24-18-8-4-6-16(10-18)12-23/h3-10,13,15H,11H2,1-2H3,(H,24,27)/t15-/m0/s1. The summed E-state index contributed by atoms with van der Waals surface area (Å²) >= 11 is 1.46. The van der Waals surface area contributed by atoms with Crippen LogP contribution in [0.4, 0.5) is 5.69 Å². The Morgan fingerprint density at radius 1 is 1.24 bits per heavy atom. The van der Waals surface area contributed by atoms with Crippen LogP contribution in [0, 0.1) is 18.3 Å². The maximum absolute atomic E-state index is 12.2. The molecule has 6 nitrogen and oxygen atoms in total. The molecule has 1 N–H and O–H groups in total. The average Bonchev–Trinajstić information content (AvgIpc) is 3.16. The molecule has 0 saturated carbocycles. The van der Waals surface area contributed by atoms with E-state index < -0.39 is 18.0 Å². The molecule has 0 unspecified atom stereocenters. The number of thiazole rings is 1. The average molecular weight is 405 g/mol. The van der Waals surface area contributed by atoms with Gasteiger partial charge in [0.05, 0.1) is 23.7 Å². The van der Waals surface area contributed by atoms with E-state index in [1.54, 1.807) is 24.3 Å². The molecule has 29 heavy (non-hydrogen) atoms. The number of nitrogens with zero attached hydrogens (tertiary/aromatic N) is 2. The van der Waals surface area contributed by atoms with E-state index >= 15 is 0 Å². The lowest BCUT2D eigenvalue weighted by Crippen LogP contribution is -2.30. The Labute approximate surface area is 172 Å². The maximum Gasteiger partial charge on any atom is 0.312 e. The van der Waals surface area contributed by atoms with Gasteiger partial charge < -0.3 is 10.1 Å². The second-order valence-electron chi connectivity index (χ2n) is 6.50. The van der Waals surface area contributed by atoms with Gasteiger partial charge in [-0.2, -0.15) is 5.26 Å². The van der Waals surface area contributed by atoms with Gasteiger partial charge >= 0.3 is 5.97 Å². The van der Waals surface area contributed by atoms with Crippen LogP contribution in [-0.4, -0.2) is 23.0 Å². The van der Waals surface area contributed by atoms with Crippen molar-refractivity contribution in [2.45, 2.75) is 26.4 Å². The van der Waals surface area contributed by atoms with Crippen molar-refractivity contribution in [2.24, 2.45) is 0 Å². The van der Waals surface area contributed by atoms with Crippen molar-refractivity contribution in [2.75, 3.05) is 5.32 Å². The molecule has 0 aliphatic carbocycles. The van der Waals surface area contributed by atoms with E-state index in [0.717, 1.165) is 16.1 Å². The summed E-state index contributed by atoms with van der Waals surface area (Å²) in [5, 5.41) is 14.2. The normalized spacial score (nSPS) is 11.3. The molecule has 0 aliphatic rings. The number of aryl methyl sites for hydroxylation is 1. The fraction of sp³-hybridized carbons (Fsp3) is 0.182. The minimum Gasteiger partial charge on any atom is -0.452 e. The number of nitriles is 1. The first-order valence-electron chi connectivity index (χ1n) is 8.96. The Balaban J connectivity index is 1.56. The van der Waals surface area contributed by atoms with E-state index in [9.17, 15) is 9.59 Å². The fourth-order valence-electron chi connectivity index (χ4n) is 2.65. The van der Waals surface area contributed by atoms with Crippen LogP contribution in [0.1, 0.15) is 23.7 Å². The van der Waals surface area contributed by atoms with E-state index in [2.05, 4.69) is 10.3 Å². The van der Waals surface area contributed by atoms with Gasteiger partial charge in [0.15, 0.2) is 6.10 Å². The van der Waals surface area contributed by atoms with Gasteiger partial charge in [0.1, 0.15) is 5.01 Å². The number of benzene rings is 2. The molecule has 2 aromatic carbocycles. The van der Waals surface area contributed by atoms with Crippen LogP contribution in [-0.2, 0) is 20.7 Å². The van der Waals surface area contributed by atoms with E-state index in [1.807, 2.05) is 42.6 Å². The number of aromatic nitrogens is 1. The lowest BCUT2D eigenvalue weighted by molar-refractivity contribution is -0.152. The van der Waals surface area contributed by atoms with Gasteiger partial charge in [0.2, 0.25) is 0 Å². The van der Waals surface area contributed by atoms with Crippen LogP contribution < -0.4 is 5.32 Å². The molecule has 0 fully saturated rings. The molecule has 0 spiro atoms. The Morgan fingerprint density at radius 2 is 2.03 bits per heavy atom. The highest BCUT2D eigenvalue weighted by atomic mass is 32.1. The third-order valence-corrected chi connectivity index (χ3v) is 5.02. The first-order valence-corrected chi connectivity index (χ1v) is 9.84. The molecule has 7 heteroatoms. The lowest BCUT2D eigenvalue weighted by atomic mass is 10.1. The van der Waals surface area contributed by atoms with Crippen LogP contribution in [0.5, 0.6) is 0 Å². The van der Waals surface area contributed by atoms with Crippen LogP contribution in [0.25, 0.3) is 10.6 Å². The van der Waals surface area contributed by atoms with Crippen molar-refractivity contribution in [3.63, 3.8) is 0 Å². The predicted octanol–water partition coefficient (Wildman–Crippen LogP) is 4.10. The molecule has 1 atom stereocenters. The zero-order valence-corrected chi connectivity index (χ0v) is 16.8. The van der Waals surface area contributed by atoms with Crippen molar-refractivity contribution in [1.82, 2.24) is 4.98 Å². The number of amides is 1. The SMILES string of the molecule is Cc1cccc(-c2nc(CC(=O)O[C@@H](C)C(=O)Nc3cccc(C#N)c3)cs2)c1. The Kier molecular flexibility index (Phi) is 6.37. The molecule has 146 valence electrons. The van der Waals surface area contributed by atoms with Crippen LogP contribution in [0.15, 0.2) is 53.9 Å². The number of carbonyl (C=O) groups is 2. The summed E-state index contributed by atoms with van der Waals surface area (Å²) in [4.78, 5) is 28.9. The summed E-state index contributed by atoms with van der Waals surface area (Å²) in [7, 11) is 0. The molecular weight excluding hydrogens is 386 g/mol. The highest BCUT2D eigenvalue weighted by Crippen LogP contribution is 2.24. The molecular formula is C22H19N3O3S. The van der Waals surface area contributed by atoms with Crippen molar-refractivity contribution in [1.29, 1.82) is 5.26 Å². The van der Waals surface area contributed by atoms with E-state index in [0.29, 0.717) is 16.9 Å².